The first-order valence-corrected chi connectivity index (χ1v) is 6.29. The molecule has 0 aliphatic heterocycles. The highest BCUT2D eigenvalue weighted by Gasteiger charge is 2.03. The molecule has 96 valence electrons. The van der Waals surface area contributed by atoms with Gasteiger partial charge in [0.05, 0.1) is 6.21 Å². The number of carbonyl (C=O) groups excluding carboxylic acids is 1. The fraction of sp³-hybridized carbons (Fsp3) is 0. The molecule has 2 aromatic carbocycles. The first kappa shape index (κ1) is 13.4. The summed E-state index contributed by atoms with van der Waals surface area (Å²) < 4.78 is 13.6. The van der Waals surface area contributed by atoms with Crippen LogP contribution in [0.3, 0.4) is 0 Å². The average molecular weight is 321 g/mol. The van der Waals surface area contributed by atoms with Crippen molar-refractivity contribution < 1.29 is 9.18 Å². The Labute approximate surface area is 118 Å². The lowest BCUT2D eigenvalue weighted by atomic mass is 10.2. The second-order valence-corrected chi connectivity index (χ2v) is 4.58. The van der Waals surface area contributed by atoms with Crippen LogP contribution >= 0.6 is 15.9 Å². The Morgan fingerprint density at radius 3 is 2.53 bits per heavy atom. The molecule has 19 heavy (non-hydrogen) atoms. The van der Waals surface area contributed by atoms with E-state index in [4.69, 9.17) is 0 Å². The maximum absolute atomic E-state index is 12.7. The zero-order chi connectivity index (χ0) is 13.7. The number of benzene rings is 2. The highest BCUT2D eigenvalue weighted by Crippen LogP contribution is 2.13. The van der Waals surface area contributed by atoms with E-state index in [1.165, 1.54) is 30.5 Å². The molecule has 0 heterocycles. The van der Waals surface area contributed by atoms with Gasteiger partial charge in [0.2, 0.25) is 0 Å². The van der Waals surface area contributed by atoms with Crippen LogP contribution < -0.4 is 5.43 Å². The zero-order valence-electron chi connectivity index (χ0n) is 9.81. The number of hydrazone groups is 1. The van der Waals surface area contributed by atoms with E-state index in [-0.39, 0.29) is 11.7 Å². The molecule has 0 radical (unpaired) electrons. The molecule has 0 unspecified atom stereocenters. The highest BCUT2D eigenvalue weighted by atomic mass is 79.9. The van der Waals surface area contributed by atoms with Gasteiger partial charge in [-0.2, -0.15) is 5.10 Å². The standard InChI is InChI=1S/C14H10BrFN2O/c15-13-4-2-1-3-11(13)9-17-18-14(19)10-5-7-12(16)8-6-10/h1-9H,(H,18,19). The van der Waals surface area contributed by atoms with E-state index in [9.17, 15) is 9.18 Å². The summed E-state index contributed by atoms with van der Waals surface area (Å²) in [6.07, 6.45) is 1.53. The normalized spacial score (nSPS) is 10.6. The summed E-state index contributed by atoms with van der Waals surface area (Å²) in [5, 5.41) is 3.85. The highest BCUT2D eigenvalue weighted by molar-refractivity contribution is 9.10. The van der Waals surface area contributed by atoms with Crippen LogP contribution in [-0.4, -0.2) is 12.1 Å². The third-order valence-corrected chi connectivity index (χ3v) is 3.10. The maximum atomic E-state index is 12.7. The van der Waals surface area contributed by atoms with E-state index in [0.717, 1.165) is 10.0 Å². The van der Waals surface area contributed by atoms with Gasteiger partial charge >= 0.3 is 0 Å². The molecule has 2 rings (SSSR count). The van der Waals surface area contributed by atoms with Crippen molar-refractivity contribution in [3.63, 3.8) is 0 Å². The summed E-state index contributed by atoms with van der Waals surface area (Å²) in [6, 6.07) is 12.8. The molecule has 0 spiro atoms. The summed E-state index contributed by atoms with van der Waals surface area (Å²) >= 11 is 3.37. The lowest BCUT2D eigenvalue weighted by Gasteiger charge is -2.00. The largest absolute Gasteiger partial charge is 0.271 e. The van der Waals surface area contributed by atoms with Crippen molar-refractivity contribution in [2.75, 3.05) is 0 Å². The maximum Gasteiger partial charge on any atom is 0.271 e. The van der Waals surface area contributed by atoms with Crippen LogP contribution in [0, 0.1) is 5.82 Å². The van der Waals surface area contributed by atoms with Crippen molar-refractivity contribution in [2.45, 2.75) is 0 Å². The van der Waals surface area contributed by atoms with Gasteiger partial charge < -0.3 is 0 Å². The van der Waals surface area contributed by atoms with E-state index in [1.54, 1.807) is 0 Å². The molecule has 2 aromatic rings. The summed E-state index contributed by atoms with van der Waals surface area (Å²) in [5.41, 5.74) is 3.58. The molecule has 0 aliphatic rings. The van der Waals surface area contributed by atoms with Gasteiger partial charge in [0, 0.05) is 15.6 Å². The topological polar surface area (TPSA) is 41.5 Å². The molecule has 5 heteroatoms. The molecule has 0 bridgehead atoms. The summed E-state index contributed by atoms with van der Waals surface area (Å²) in [7, 11) is 0. The predicted octanol–water partition coefficient (Wildman–Crippen LogP) is 3.35. The van der Waals surface area contributed by atoms with Gasteiger partial charge in [-0.05, 0) is 30.3 Å². The average Bonchev–Trinajstić information content (AvgIpc) is 2.41. The Morgan fingerprint density at radius 2 is 1.84 bits per heavy atom. The molecule has 0 atom stereocenters. The molecule has 1 amide bonds. The number of amides is 1. The molecule has 0 fully saturated rings. The van der Waals surface area contributed by atoms with Gasteiger partial charge in [0.25, 0.3) is 5.91 Å². The van der Waals surface area contributed by atoms with Gasteiger partial charge in [-0.1, -0.05) is 34.1 Å². The number of halogens is 2. The molecule has 0 aliphatic carbocycles. The minimum Gasteiger partial charge on any atom is -0.267 e. The van der Waals surface area contributed by atoms with Crippen LogP contribution in [0.4, 0.5) is 4.39 Å². The second-order valence-electron chi connectivity index (χ2n) is 3.73. The summed E-state index contributed by atoms with van der Waals surface area (Å²) in [6.45, 7) is 0. The van der Waals surface area contributed by atoms with Crippen molar-refractivity contribution >= 4 is 28.1 Å². The van der Waals surface area contributed by atoms with Crippen LogP contribution in [0.25, 0.3) is 0 Å². The third-order valence-electron chi connectivity index (χ3n) is 2.38. The minimum atomic E-state index is -0.386. The van der Waals surface area contributed by atoms with E-state index >= 15 is 0 Å². The number of carbonyl (C=O) groups is 1. The van der Waals surface area contributed by atoms with Gasteiger partial charge in [-0.3, -0.25) is 4.79 Å². The Balaban J connectivity index is 2.01. The van der Waals surface area contributed by atoms with E-state index < -0.39 is 0 Å². The fourth-order valence-electron chi connectivity index (χ4n) is 1.41. The monoisotopic (exact) mass is 320 g/mol. The lowest BCUT2D eigenvalue weighted by Crippen LogP contribution is -2.17. The SMILES string of the molecule is O=C(NN=Cc1ccccc1Br)c1ccc(F)cc1. The van der Waals surface area contributed by atoms with E-state index in [0.29, 0.717) is 5.56 Å². The van der Waals surface area contributed by atoms with Gasteiger partial charge in [0.15, 0.2) is 0 Å². The Morgan fingerprint density at radius 1 is 1.16 bits per heavy atom. The molecular formula is C14H10BrFN2O. The number of rotatable bonds is 3. The first-order chi connectivity index (χ1) is 9.16. The van der Waals surface area contributed by atoms with Crippen molar-refractivity contribution in [3.8, 4) is 0 Å². The Kier molecular flexibility index (Phi) is 4.41. The molecule has 3 nitrogen and oxygen atoms in total. The zero-order valence-corrected chi connectivity index (χ0v) is 11.4. The van der Waals surface area contributed by atoms with Crippen molar-refractivity contribution in [1.29, 1.82) is 0 Å². The van der Waals surface area contributed by atoms with Gasteiger partial charge in [-0.25, -0.2) is 9.82 Å². The smallest absolute Gasteiger partial charge is 0.267 e. The van der Waals surface area contributed by atoms with Crippen LogP contribution in [0.5, 0.6) is 0 Å². The number of hydrogen-bond acceptors (Lipinski definition) is 2. The van der Waals surface area contributed by atoms with Crippen molar-refractivity contribution in [3.05, 3.63) is 69.9 Å². The molecular weight excluding hydrogens is 311 g/mol. The van der Waals surface area contributed by atoms with E-state index in [1.807, 2.05) is 24.3 Å². The molecule has 1 N–H and O–H groups in total. The summed E-state index contributed by atoms with van der Waals surface area (Å²) in [5.74, 6) is -0.767. The number of nitrogens with zero attached hydrogens (tertiary/aromatic N) is 1. The van der Waals surface area contributed by atoms with E-state index in [2.05, 4.69) is 26.5 Å². The summed E-state index contributed by atoms with van der Waals surface area (Å²) in [4.78, 5) is 11.7. The lowest BCUT2D eigenvalue weighted by molar-refractivity contribution is 0.0955. The van der Waals surface area contributed by atoms with Gasteiger partial charge in [-0.15, -0.1) is 0 Å². The predicted molar refractivity (Wildman–Crippen MR) is 75.6 cm³/mol. The van der Waals surface area contributed by atoms with Crippen molar-refractivity contribution in [1.82, 2.24) is 5.43 Å². The third kappa shape index (κ3) is 3.72. The second kappa shape index (κ2) is 6.24. The quantitative estimate of drug-likeness (QED) is 0.684. The fourth-order valence-corrected chi connectivity index (χ4v) is 1.79. The first-order valence-electron chi connectivity index (χ1n) is 5.50. The van der Waals surface area contributed by atoms with Crippen LogP contribution in [0.2, 0.25) is 0 Å². The van der Waals surface area contributed by atoms with Crippen LogP contribution in [-0.2, 0) is 0 Å². The minimum absolute atomic E-state index is 0.352. The molecule has 0 saturated carbocycles. The van der Waals surface area contributed by atoms with Gasteiger partial charge in [0.1, 0.15) is 5.82 Å². The molecule has 0 aromatic heterocycles. The van der Waals surface area contributed by atoms with Crippen LogP contribution in [0.1, 0.15) is 15.9 Å². The Bertz CT molecular complexity index is 611. The number of nitrogens with one attached hydrogen (secondary N) is 1. The Hall–Kier alpha value is -2.01. The number of hydrogen-bond donors (Lipinski definition) is 1. The van der Waals surface area contributed by atoms with Crippen molar-refractivity contribution in [2.24, 2.45) is 5.10 Å². The van der Waals surface area contributed by atoms with Crippen LogP contribution in [0.15, 0.2) is 58.1 Å². The molecule has 0 saturated heterocycles.